The summed E-state index contributed by atoms with van der Waals surface area (Å²) < 4.78 is 2.04. The van der Waals surface area contributed by atoms with Crippen LogP contribution in [0.3, 0.4) is 0 Å². The van der Waals surface area contributed by atoms with Crippen LogP contribution in [0.2, 0.25) is 5.02 Å². The van der Waals surface area contributed by atoms with Gasteiger partial charge in [-0.25, -0.2) is 4.68 Å². The summed E-state index contributed by atoms with van der Waals surface area (Å²) in [4.78, 5) is 0. The van der Waals surface area contributed by atoms with E-state index in [0.29, 0.717) is 0 Å². The molecule has 0 bridgehead atoms. The Kier molecular flexibility index (Phi) is 4.49. The van der Waals surface area contributed by atoms with Crippen molar-refractivity contribution in [3.63, 3.8) is 0 Å². The molecule has 1 aromatic heterocycles. The largest absolute Gasteiger partial charge is 0.370 e. The number of nitrogens with zero attached hydrogens (tertiary/aromatic N) is 2. The highest BCUT2D eigenvalue weighted by Crippen LogP contribution is 2.29. The summed E-state index contributed by atoms with van der Waals surface area (Å²) in [6, 6.07) is 7.92. The Labute approximate surface area is 131 Å². The predicted octanol–water partition coefficient (Wildman–Crippen LogP) is 4.62. The molecule has 0 fully saturated rings. The van der Waals surface area contributed by atoms with Crippen molar-refractivity contribution in [3.8, 4) is 5.69 Å². The zero-order valence-electron chi connectivity index (χ0n) is 12.5. The van der Waals surface area contributed by atoms with Crippen LogP contribution in [0.1, 0.15) is 43.9 Å². The second-order valence-corrected chi connectivity index (χ2v) is 6.09. The first-order valence-corrected chi connectivity index (χ1v) is 8.28. The summed E-state index contributed by atoms with van der Waals surface area (Å²) in [7, 11) is 0. The Morgan fingerprint density at radius 2 is 2.24 bits per heavy atom. The topological polar surface area (TPSA) is 29.9 Å². The van der Waals surface area contributed by atoms with Gasteiger partial charge in [-0.1, -0.05) is 31.0 Å². The zero-order chi connectivity index (χ0) is 14.7. The van der Waals surface area contributed by atoms with Gasteiger partial charge in [-0.15, -0.1) is 0 Å². The number of unbranched alkanes of at least 4 members (excludes halogenated alkanes) is 1. The fraction of sp³-hybridized carbons (Fsp3) is 0.471. The maximum absolute atomic E-state index is 6.14. The van der Waals surface area contributed by atoms with E-state index in [4.69, 9.17) is 16.7 Å². The van der Waals surface area contributed by atoms with Crippen LogP contribution in [-0.4, -0.2) is 16.3 Å². The van der Waals surface area contributed by atoms with E-state index in [1.165, 1.54) is 42.8 Å². The summed E-state index contributed by atoms with van der Waals surface area (Å²) in [5, 5.41) is 9.19. The van der Waals surface area contributed by atoms with Crippen LogP contribution in [-0.2, 0) is 12.8 Å². The molecule has 1 aliphatic rings. The smallest absolute Gasteiger partial charge is 0.133 e. The van der Waals surface area contributed by atoms with Crippen molar-refractivity contribution < 1.29 is 0 Å². The van der Waals surface area contributed by atoms with Crippen molar-refractivity contribution in [2.75, 3.05) is 11.9 Å². The molecule has 3 rings (SSSR count). The van der Waals surface area contributed by atoms with E-state index in [9.17, 15) is 0 Å². The molecule has 0 saturated carbocycles. The summed E-state index contributed by atoms with van der Waals surface area (Å²) in [6.07, 6.45) is 7.04. The third-order valence-electron chi connectivity index (χ3n) is 4.03. The molecule has 0 spiro atoms. The lowest BCUT2D eigenvalue weighted by molar-refractivity contribution is 0.728. The highest BCUT2D eigenvalue weighted by molar-refractivity contribution is 6.30. The van der Waals surface area contributed by atoms with E-state index in [1.54, 1.807) is 0 Å². The van der Waals surface area contributed by atoms with Crippen molar-refractivity contribution >= 4 is 17.4 Å². The number of fused-ring (bicyclic) bond motifs is 1. The van der Waals surface area contributed by atoms with Gasteiger partial charge < -0.3 is 5.32 Å². The molecule has 0 atom stereocenters. The van der Waals surface area contributed by atoms with Crippen LogP contribution in [0, 0.1) is 0 Å². The average Bonchev–Trinajstić information content (AvgIpc) is 2.67. The van der Waals surface area contributed by atoms with Crippen LogP contribution in [0.4, 0.5) is 5.82 Å². The number of aryl methyl sites for hydroxylation is 1. The summed E-state index contributed by atoms with van der Waals surface area (Å²) in [5.41, 5.74) is 3.69. The minimum absolute atomic E-state index is 0.750. The van der Waals surface area contributed by atoms with Gasteiger partial charge in [-0.2, -0.15) is 5.10 Å². The first kappa shape index (κ1) is 14.5. The molecule has 21 heavy (non-hydrogen) atoms. The minimum Gasteiger partial charge on any atom is -0.370 e. The first-order valence-electron chi connectivity index (χ1n) is 7.90. The van der Waals surface area contributed by atoms with E-state index in [0.717, 1.165) is 30.1 Å². The lowest BCUT2D eigenvalue weighted by Gasteiger charge is -2.09. The quantitative estimate of drug-likeness (QED) is 0.893. The van der Waals surface area contributed by atoms with Gasteiger partial charge in [0.2, 0.25) is 0 Å². The molecule has 0 radical (unpaired) electrons. The van der Waals surface area contributed by atoms with Crippen LogP contribution < -0.4 is 5.32 Å². The number of nitrogens with one attached hydrogen (secondary N) is 1. The molecule has 2 aromatic rings. The molecule has 0 saturated heterocycles. The van der Waals surface area contributed by atoms with Crippen LogP contribution in [0.15, 0.2) is 24.3 Å². The van der Waals surface area contributed by atoms with Crippen LogP contribution in [0.5, 0.6) is 0 Å². The van der Waals surface area contributed by atoms with Crippen molar-refractivity contribution in [2.45, 2.75) is 45.4 Å². The minimum atomic E-state index is 0.750. The highest BCUT2D eigenvalue weighted by atomic mass is 35.5. The monoisotopic (exact) mass is 303 g/mol. The fourth-order valence-electron chi connectivity index (χ4n) is 2.91. The fourth-order valence-corrected chi connectivity index (χ4v) is 3.10. The van der Waals surface area contributed by atoms with E-state index in [1.807, 2.05) is 22.9 Å². The Hall–Kier alpha value is -1.48. The number of benzene rings is 1. The lowest BCUT2D eigenvalue weighted by Crippen LogP contribution is -2.07. The van der Waals surface area contributed by atoms with Crippen LogP contribution in [0.25, 0.3) is 5.69 Å². The maximum Gasteiger partial charge on any atom is 0.133 e. The van der Waals surface area contributed by atoms with E-state index in [-0.39, 0.29) is 0 Å². The predicted molar refractivity (Wildman–Crippen MR) is 88.6 cm³/mol. The number of anilines is 1. The van der Waals surface area contributed by atoms with Gasteiger partial charge in [0.05, 0.1) is 11.4 Å². The molecule has 0 aliphatic carbocycles. The van der Waals surface area contributed by atoms with E-state index in [2.05, 4.69) is 18.3 Å². The molecule has 0 unspecified atom stereocenters. The molecular weight excluding hydrogens is 282 g/mol. The summed E-state index contributed by atoms with van der Waals surface area (Å²) >= 11 is 6.14. The van der Waals surface area contributed by atoms with Gasteiger partial charge >= 0.3 is 0 Å². The zero-order valence-corrected chi connectivity index (χ0v) is 13.3. The van der Waals surface area contributed by atoms with Gasteiger partial charge in [-0.05, 0) is 50.3 Å². The molecule has 4 heteroatoms. The molecule has 3 nitrogen and oxygen atoms in total. The summed E-state index contributed by atoms with van der Waals surface area (Å²) in [5.74, 6) is 1.17. The van der Waals surface area contributed by atoms with Crippen molar-refractivity contribution in [1.29, 1.82) is 0 Å². The van der Waals surface area contributed by atoms with Gasteiger partial charge in [0, 0.05) is 17.1 Å². The number of hydrogen-bond donors (Lipinski definition) is 1. The molecule has 1 aromatic carbocycles. The molecular formula is C17H22ClN3. The first-order chi connectivity index (χ1) is 10.3. The second-order valence-electron chi connectivity index (χ2n) is 5.65. The highest BCUT2D eigenvalue weighted by Gasteiger charge is 2.20. The molecule has 1 aliphatic heterocycles. The van der Waals surface area contributed by atoms with E-state index < -0.39 is 0 Å². The Balaban J connectivity index is 2.05. The van der Waals surface area contributed by atoms with Gasteiger partial charge in [0.1, 0.15) is 5.82 Å². The number of rotatable bonds is 4. The molecule has 0 amide bonds. The Bertz CT molecular complexity index is 618. The van der Waals surface area contributed by atoms with Crippen molar-refractivity contribution in [2.24, 2.45) is 0 Å². The van der Waals surface area contributed by atoms with Crippen molar-refractivity contribution in [1.82, 2.24) is 9.78 Å². The molecule has 1 N–H and O–H groups in total. The standard InChI is InChI=1S/C17H22ClN3/c1-2-3-10-16-15-9-4-5-11-19-17(15)21(20-16)14-8-6-7-13(18)12-14/h6-8,12,19H,2-5,9-11H2,1H3. The van der Waals surface area contributed by atoms with Crippen molar-refractivity contribution in [3.05, 3.63) is 40.5 Å². The van der Waals surface area contributed by atoms with E-state index >= 15 is 0 Å². The molecule has 2 heterocycles. The third kappa shape index (κ3) is 3.08. The van der Waals surface area contributed by atoms with Crippen LogP contribution >= 0.6 is 11.6 Å². The lowest BCUT2D eigenvalue weighted by atomic mass is 10.1. The SMILES string of the molecule is CCCCc1nn(-c2cccc(Cl)c2)c2c1CCCCN2. The van der Waals surface area contributed by atoms with Gasteiger partial charge in [0.15, 0.2) is 0 Å². The average molecular weight is 304 g/mol. The normalized spacial score (nSPS) is 14.4. The Morgan fingerprint density at radius 1 is 1.33 bits per heavy atom. The second kappa shape index (κ2) is 6.52. The number of hydrogen-bond acceptors (Lipinski definition) is 2. The third-order valence-corrected chi connectivity index (χ3v) is 4.27. The Morgan fingerprint density at radius 3 is 3.05 bits per heavy atom. The molecule has 112 valence electrons. The number of halogens is 1. The van der Waals surface area contributed by atoms with Gasteiger partial charge in [0.25, 0.3) is 0 Å². The summed E-state index contributed by atoms with van der Waals surface area (Å²) in [6.45, 7) is 3.25. The maximum atomic E-state index is 6.14. The number of aromatic nitrogens is 2. The van der Waals surface area contributed by atoms with Gasteiger partial charge in [-0.3, -0.25) is 0 Å².